The van der Waals surface area contributed by atoms with Gasteiger partial charge >= 0.3 is 0 Å². The number of aromatic amines is 1. The Morgan fingerprint density at radius 3 is 2.91 bits per heavy atom. The lowest BCUT2D eigenvalue weighted by molar-refractivity contribution is 0.345. The van der Waals surface area contributed by atoms with E-state index >= 15 is 0 Å². The molecule has 0 aliphatic carbocycles. The van der Waals surface area contributed by atoms with Crippen molar-refractivity contribution in [2.24, 2.45) is 0 Å². The molecule has 1 fully saturated rings. The van der Waals surface area contributed by atoms with Gasteiger partial charge in [0.05, 0.1) is 5.92 Å². The van der Waals surface area contributed by atoms with Crippen LogP contribution >= 0.6 is 0 Å². The van der Waals surface area contributed by atoms with Crippen LogP contribution < -0.4 is 5.56 Å². The molecular formula is C16H16N4O2. The normalized spacial score (nSPS) is 19.0. The smallest absolute Gasteiger partial charge is 0.255 e. The minimum Gasteiger partial charge on any atom is -0.339 e. The summed E-state index contributed by atoms with van der Waals surface area (Å²) >= 11 is 0. The molecule has 0 amide bonds. The molecule has 1 N–H and O–H groups in total. The zero-order valence-corrected chi connectivity index (χ0v) is 12.2. The van der Waals surface area contributed by atoms with Crippen molar-refractivity contribution >= 4 is 10.8 Å². The number of nitrogens with zero attached hydrogens (tertiary/aromatic N) is 3. The van der Waals surface area contributed by atoms with Gasteiger partial charge in [-0.15, -0.1) is 0 Å². The van der Waals surface area contributed by atoms with Crippen molar-refractivity contribution in [3.8, 4) is 11.4 Å². The fourth-order valence-electron chi connectivity index (χ4n) is 3.04. The van der Waals surface area contributed by atoms with Gasteiger partial charge in [-0.05, 0) is 31.5 Å². The third kappa shape index (κ3) is 2.12. The van der Waals surface area contributed by atoms with Crippen LogP contribution in [0.15, 0.2) is 39.8 Å². The predicted molar refractivity (Wildman–Crippen MR) is 82.7 cm³/mol. The van der Waals surface area contributed by atoms with E-state index in [4.69, 9.17) is 4.52 Å². The first-order valence-electron chi connectivity index (χ1n) is 7.35. The van der Waals surface area contributed by atoms with Crippen LogP contribution in [0.2, 0.25) is 0 Å². The summed E-state index contributed by atoms with van der Waals surface area (Å²) in [7, 11) is 2.09. The number of nitrogens with one attached hydrogen (secondary N) is 1. The van der Waals surface area contributed by atoms with Gasteiger partial charge < -0.3 is 14.4 Å². The fourth-order valence-corrected chi connectivity index (χ4v) is 3.04. The highest BCUT2D eigenvalue weighted by Gasteiger charge is 2.26. The van der Waals surface area contributed by atoms with E-state index in [-0.39, 0.29) is 5.56 Å². The number of likely N-dealkylation sites (N-methyl/N-ethyl adjacent to an activating group) is 1. The minimum absolute atomic E-state index is 0.111. The molecule has 6 nitrogen and oxygen atoms in total. The number of hydrogen-bond acceptors (Lipinski definition) is 5. The van der Waals surface area contributed by atoms with Gasteiger partial charge in [0.1, 0.15) is 0 Å². The third-order valence-electron chi connectivity index (χ3n) is 4.23. The van der Waals surface area contributed by atoms with E-state index < -0.39 is 0 Å². The van der Waals surface area contributed by atoms with E-state index in [1.54, 1.807) is 12.3 Å². The average Bonchev–Trinajstić information content (AvgIpc) is 3.17. The van der Waals surface area contributed by atoms with Crippen molar-refractivity contribution in [2.45, 2.75) is 12.3 Å². The number of aromatic nitrogens is 3. The Balaban J connectivity index is 1.78. The molecule has 0 bridgehead atoms. The van der Waals surface area contributed by atoms with Gasteiger partial charge in [0.15, 0.2) is 0 Å². The van der Waals surface area contributed by atoms with E-state index in [2.05, 4.69) is 27.1 Å². The molecule has 3 aromatic rings. The molecule has 3 heterocycles. The highest BCUT2D eigenvalue weighted by atomic mass is 16.5. The second-order valence-corrected chi connectivity index (χ2v) is 5.78. The highest BCUT2D eigenvalue weighted by Crippen LogP contribution is 2.28. The summed E-state index contributed by atoms with van der Waals surface area (Å²) in [6.07, 6.45) is 2.69. The maximum Gasteiger partial charge on any atom is 0.255 e. The number of likely N-dealkylation sites (tertiary alicyclic amines) is 1. The fraction of sp³-hybridized carbons (Fsp3) is 0.312. The van der Waals surface area contributed by atoms with Crippen LogP contribution in [-0.4, -0.2) is 40.2 Å². The first kappa shape index (κ1) is 13.2. The zero-order chi connectivity index (χ0) is 15.1. The SMILES string of the molecule is CN1CCC(c2nc(-c3c[nH]c(=O)c4ccccc34)no2)C1. The van der Waals surface area contributed by atoms with Crippen LogP contribution in [0.5, 0.6) is 0 Å². The zero-order valence-electron chi connectivity index (χ0n) is 12.2. The molecule has 0 spiro atoms. The molecule has 112 valence electrons. The average molecular weight is 296 g/mol. The molecule has 1 saturated heterocycles. The molecule has 1 aliphatic rings. The Labute approximate surface area is 126 Å². The summed E-state index contributed by atoms with van der Waals surface area (Å²) in [5.41, 5.74) is 0.678. The summed E-state index contributed by atoms with van der Waals surface area (Å²) in [5, 5.41) is 5.58. The Hall–Kier alpha value is -2.47. The standard InChI is InChI=1S/C16H16N4O2/c1-20-7-6-10(9-20)16-18-14(19-22-16)13-8-17-15(21)12-5-3-2-4-11(12)13/h2-5,8,10H,6-7,9H2,1H3,(H,17,21). The second-order valence-electron chi connectivity index (χ2n) is 5.78. The third-order valence-corrected chi connectivity index (χ3v) is 4.23. The monoisotopic (exact) mass is 296 g/mol. The maximum atomic E-state index is 11.9. The van der Waals surface area contributed by atoms with Crippen LogP contribution in [-0.2, 0) is 0 Å². The van der Waals surface area contributed by atoms with E-state index in [1.807, 2.05) is 18.2 Å². The highest BCUT2D eigenvalue weighted by molar-refractivity contribution is 5.93. The van der Waals surface area contributed by atoms with Crippen LogP contribution in [0.25, 0.3) is 22.2 Å². The first-order chi connectivity index (χ1) is 10.7. The predicted octanol–water partition coefficient (Wildman–Crippen LogP) is 2.00. The minimum atomic E-state index is -0.111. The summed E-state index contributed by atoms with van der Waals surface area (Å²) < 4.78 is 5.45. The van der Waals surface area contributed by atoms with Gasteiger partial charge in [0, 0.05) is 23.7 Å². The number of benzene rings is 1. The number of H-pyrrole nitrogens is 1. The molecule has 4 rings (SSSR count). The van der Waals surface area contributed by atoms with Gasteiger partial charge in [-0.2, -0.15) is 4.98 Å². The molecule has 0 saturated carbocycles. The Bertz CT molecular complexity index is 883. The molecule has 0 radical (unpaired) electrons. The van der Waals surface area contributed by atoms with Gasteiger partial charge in [-0.1, -0.05) is 23.4 Å². The summed E-state index contributed by atoms with van der Waals surface area (Å²) in [6.45, 7) is 1.98. The molecule has 1 aliphatic heterocycles. The van der Waals surface area contributed by atoms with Crippen LogP contribution in [0.1, 0.15) is 18.2 Å². The Kier molecular flexibility index (Phi) is 3.04. The topological polar surface area (TPSA) is 75.0 Å². The molecule has 1 atom stereocenters. The largest absolute Gasteiger partial charge is 0.339 e. The quantitative estimate of drug-likeness (QED) is 0.783. The van der Waals surface area contributed by atoms with Gasteiger partial charge in [-0.25, -0.2) is 0 Å². The van der Waals surface area contributed by atoms with Crippen molar-refractivity contribution in [3.05, 3.63) is 46.7 Å². The van der Waals surface area contributed by atoms with Gasteiger partial charge in [0.2, 0.25) is 11.7 Å². The van der Waals surface area contributed by atoms with Gasteiger partial charge in [-0.3, -0.25) is 4.79 Å². The lowest BCUT2D eigenvalue weighted by Crippen LogP contribution is -2.13. The summed E-state index contributed by atoms with van der Waals surface area (Å²) in [6, 6.07) is 7.44. The second kappa shape index (κ2) is 5.06. The van der Waals surface area contributed by atoms with E-state index in [0.717, 1.165) is 30.5 Å². The Morgan fingerprint density at radius 1 is 1.32 bits per heavy atom. The van der Waals surface area contributed by atoms with Crippen LogP contribution in [0.3, 0.4) is 0 Å². The van der Waals surface area contributed by atoms with Crippen molar-refractivity contribution in [1.29, 1.82) is 0 Å². The number of hydrogen-bond donors (Lipinski definition) is 1. The Morgan fingerprint density at radius 2 is 2.14 bits per heavy atom. The van der Waals surface area contributed by atoms with Crippen molar-refractivity contribution < 1.29 is 4.52 Å². The summed E-state index contributed by atoms with van der Waals surface area (Å²) in [4.78, 5) is 21.4. The summed E-state index contributed by atoms with van der Waals surface area (Å²) in [5.74, 6) is 1.49. The molecule has 1 aromatic carbocycles. The maximum absolute atomic E-state index is 11.9. The van der Waals surface area contributed by atoms with E-state index in [0.29, 0.717) is 23.0 Å². The van der Waals surface area contributed by atoms with Crippen molar-refractivity contribution in [1.82, 2.24) is 20.0 Å². The lowest BCUT2D eigenvalue weighted by Gasteiger charge is -2.05. The number of fused-ring (bicyclic) bond motifs is 1. The van der Waals surface area contributed by atoms with Crippen LogP contribution in [0, 0.1) is 0 Å². The van der Waals surface area contributed by atoms with Gasteiger partial charge in [0.25, 0.3) is 5.56 Å². The molecule has 22 heavy (non-hydrogen) atoms. The number of pyridine rings is 1. The molecule has 2 aromatic heterocycles. The van der Waals surface area contributed by atoms with E-state index in [9.17, 15) is 4.79 Å². The first-order valence-corrected chi connectivity index (χ1v) is 7.35. The lowest BCUT2D eigenvalue weighted by atomic mass is 10.1. The molecule has 6 heteroatoms. The molecular weight excluding hydrogens is 280 g/mol. The van der Waals surface area contributed by atoms with Crippen molar-refractivity contribution in [3.63, 3.8) is 0 Å². The van der Waals surface area contributed by atoms with Crippen LogP contribution in [0.4, 0.5) is 0 Å². The molecule has 1 unspecified atom stereocenters. The number of rotatable bonds is 2. The van der Waals surface area contributed by atoms with E-state index in [1.165, 1.54) is 0 Å². The van der Waals surface area contributed by atoms with Crippen molar-refractivity contribution in [2.75, 3.05) is 20.1 Å².